The van der Waals surface area contributed by atoms with Gasteiger partial charge in [0.05, 0.1) is 6.61 Å². The van der Waals surface area contributed by atoms with Gasteiger partial charge in [0.15, 0.2) is 0 Å². The number of hydrogen-bond acceptors (Lipinski definition) is 2. The Labute approximate surface area is 50.9 Å². The van der Waals surface area contributed by atoms with Crippen molar-refractivity contribution in [3.63, 3.8) is 0 Å². The second kappa shape index (κ2) is 5.06. The van der Waals surface area contributed by atoms with Crippen LogP contribution >= 0.6 is 0 Å². The Morgan fingerprint density at radius 1 is 1.62 bits per heavy atom. The molecule has 0 aliphatic carbocycles. The molecule has 2 heteroatoms. The first-order valence-electron chi connectivity index (χ1n) is 3.15. The molecule has 50 valence electrons. The van der Waals surface area contributed by atoms with Gasteiger partial charge in [0.1, 0.15) is 0 Å². The van der Waals surface area contributed by atoms with Gasteiger partial charge in [-0.1, -0.05) is 6.92 Å². The Bertz CT molecular complexity index is 47.8. The first kappa shape index (κ1) is 7.92. The van der Waals surface area contributed by atoms with E-state index in [1.54, 1.807) is 0 Å². The van der Waals surface area contributed by atoms with Crippen molar-refractivity contribution in [3.8, 4) is 0 Å². The van der Waals surface area contributed by atoms with E-state index in [2.05, 4.69) is 19.2 Å². The normalized spacial score (nSPS) is 13.9. The fraction of sp³-hybridized carbons (Fsp3) is 1.00. The molecule has 0 aliphatic rings. The molecule has 8 heavy (non-hydrogen) atoms. The summed E-state index contributed by atoms with van der Waals surface area (Å²) >= 11 is 0. The van der Waals surface area contributed by atoms with Gasteiger partial charge in [0.2, 0.25) is 0 Å². The maximum absolute atomic E-state index is 8.35. The van der Waals surface area contributed by atoms with Crippen molar-refractivity contribution in [1.29, 1.82) is 0 Å². The van der Waals surface area contributed by atoms with E-state index < -0.39 is 0 Å². The molecule has 0 rings (SSSR count). The van der Waals surface area contributed by atoms with E-state index in [0.717, 1.165) is 13.0 Å². The van der Waals surface area contributed by atoms with E-state index in [-0.39, 0.29) is 6.61 Å². The lowest BCUT2D eigenvalue weighted by Crippen LogP contribution is -2.27. The van der Waals surface area contributed by atoms with Crippen LogP contribution in [0.3, 0.4) is 0 Å². The summed E-state index contributed by atoms with van der Waals surface area (Å²) in [4.78, 5) is 0. The average Bonchev–Trinajstić information content (AvgIpc) is 1.83. The lowest BCUT2D eigenvalue weighted by molar-refractivity contribution is 0.285. The van der Waals surface area contributed by atoms with Gasteiger partial charge < -0.3 is 10.4 Å². The average molecular weight is 117 g/mol. The summed E-state index contributed by atoms with van der Waals surface area (Å²) in [7, 11) is 0. The van der Waals surface area contributed by atoms with Crippen LogP contribution in [0.25, 0.3) is 0 Å². The van der Waals surface area contributed by atoms with E-state index in [4.69, 9.17) is 5.11 Å². The summed E-state index contributed by atoms with van der Waals surface area (Å²) in [5.74, 6) is 0. The van der Waals surface area contributed by atoms with Crippen molar-refractivity contribution < 1.29 is 5.11 Å². The lowest BCUT2D eigenvalue weighted by Gasteiger charge is -2.07. The van der Waals surface area contributed by atoms with Gasteiger partial charge in [-0.3, -0.25) is 0 Å². The molecule has 0 spiro atoms. The highest BCUT2D eigenvalue weighted by atomic mass is 16.3. The third-order valence-corrected chi connectivity index (χ3v) is 1.22. The van der Waals surface area contributed by atoms with Gasteiger partial charge in [-0.05, 0) is 13.3 Å². The number of hydrogen-bond donors (Lipinski definition) is 2. The largest absolute Gasteiger partial charge is 0.395 e. The predicted octanol–water partition coefficient (Wildman–Crippen LogP) is 0.367. The van der Waals surface area contributed by atoms with E-state index in [9.17, 15) is 0 Å². The van der Waals surface area contributed by atoms with E-state index in [0.29, 0.717) is 6.04 Å². The number of aliphatic hydroxyl groups is 1. The first-order valence-corrected chi connectivity index (χ1v) is 3.15. The summed E-state index contributed by atoms with van der Waals surface area (Å²) in [6.45, 7) is 5.18. The highest BCUT2D eigenvalue weighted by Gasteiger charge is 1.92. The minimum Gasteiger partial charge on any atom is -0.395 e. The number of nitrogens with one attached hydrogen (secondary N) is 1. The van der Waals surface area contributed by atoms with Crippen LogP contribution < -0.4 is 5.32 Å². The standard InChI is InChI=1S/C6H15NO/c1-3-6(2)7-4-5-8/h6-8H,3-5H2,1-2H3. The molecule has 1 unspecified atom stereocenters. The Kier molecular flexibility index (Phi) is 5.01. The molecule has 0 aliphatic heterocycles. The van der Waals surface area contributed by atoms with Crippen LogP contribution in [0.2, 0.25) is 0 Å². The van der Waals surface area contributed by atoms with Crippen LogP contribution in [0.1, 0.15) is 20.3 Å². The van der Waals surface area contributed by atoms with Crippen LogP contribution in [0.5, 0.6) is 0 Å². The number of aliphatic hydroxyl groups excluding tert-OH is 1. The van der Waals surface area contributed by atoms with Crippen LogP contribution in [0.15, 0.2) is 0 Å². The van der Waals surface area contributed by atoms with E-state index in [1.165, 1.54) is 0 Å². The SMILES string of the molecule is CCC(C)NCCO. The molecule has 0 amide bonds. The highest BCUT2D eigenvalue weighted by Crippen LogP contribution is 1.84. The van der Waals surface area contributed by atoms with Crippen molar-refractivity contribution in [2.45, 2.75) is 26.3 Å². The third-order valence-electron chi connectivity index (χ3n) is 1.22. The summed E-state index contributed by atoms with van der Waals surface area (Å²) in [5, 5.41) is 11.5. The highest BCUT2D eigenvalue weighted by molar-refractivity contribution is 4.55. The van der Waals surface area contributed by atoms with Crippen LogP contribution in [-0.2, 0) is 0 Å². The van der Waals surface area contributed by atoms with Crippen molar-refractivity contribution in [3.05, 3.63) is 0 Å². The molecule has 0 aromatic carbocycles. The molecule has 0 bridgehead atoms. The van der Waals surface area contributed by atoms with Crippen molar-refractivity contribution in [1.82, 2.24) is 5.32 Å². The summed E-state index contributed by atoms with van der Waals surface area (Å²) < 4.78 is 0. The predicted molar refractivity (Wildman–Crippen MR) is 34.8 cm³/mol. The van der Waals surface area contributed by atoms with Gasteiger partial charge in [0.25, 0.3) is 0 Å². The van der Waals surface area contributed by atoms with E-state index in [1.807, 2.05) is 0 Å². The van der Waals surface area contributed by atoms with Gasteiger partial charge in [-0.25, -0.2) is 0 Å². The molecule has 0 radical (unpaired) electrons. The fourth-order valence-electron chi connectivity index (χ4n) is 0.455. The quantitative estimate of drug-likeness (QED) is 0.557. The zero-order valence-corrected chi connectivity index (χ0v) is 5.65. The van der Waals surface area contributed by atoms with Gasteiger partial charge in [0, 0.05) is 12.6 Å². The summed E-state index contributed by atoms with van der Waals surface area (Å²) in [5.41, 5.74) is 0. The van der Waals surface area contributed by atoms with E-state index >= 15 is 0 Å². The van der Waals surface area contributed by atoms with Crippen molar-refractivity contribution >= 4 is 0 Å². The van der Waals surface area contributed by atoms with Gasteiger partial charge in [-0.2, -0.15) is 0 Å². The monoisotopic (exact) mass is 117 g/mol. The topological polar surface area (TPSA) is 32.3 Å². The summed E-state index contributed by atoms with van der Waals surface area (Å²) in [6, 6.07) is 0.544. The molecule has 0 aromatic heterocycles. The van der Waals surface area contributed by atoms with Gasteiger partial charge >= 0.3 is 0 Å². The Hall–Kier alpha value is -0.0800. The number of rotatable bonds is 4. The molecule has 0 heterocycles. The maximum Gasteiger partial charge on any atom is 0.0556 e. The third kappa shape index (κ3) is 4.09. The minimum absolute atomic E-state index is 0.240. The van der Waals surface area contributed by atoms with Crippen LogP contribution in [0, 0.1) is 0 Å². The fourth-order valence-corrected chi connectivity index (χ4v) is 0.455. The maximum atomic E-state index is 8.35. The Morgan fingerprint density at radius 3 is 2.62 bits per heavy atom. The van der Waals surface area contributed by atoms with Gasteiger partial charge in [-0.15, -0.1) is 0 Å². The second-order valence-electron chi connectivity index (χ2n) is 1.99. The molecule has 0 fully saturated rings. The molecule has 1 atom stereocenters. The van der Waals surface area contributed by atoms with Crippen molar-refractivity contribution in [2.75, 3.05) is 13.2 Å². The smallest absolute Gasteiger partial charge is 0.0556 e. The van der Waals surface area contributed by atoms with Crippen molar-refractivity contribution in [2.24, 2.45) is 0 Å². The molecule has 2 nitrogen and oxygen atoms in total. The Morgan fingerprint density at radius 2 is 2.25 bits per heavy atom. The first-order chi connectivity index (χ1) is 3.81. The van der Waals surface area contributed by atoms with Crippen LogP contribution in [-0.4, -0.2) is 24.3 Å². The molecule has 0 aromatic rings. The molecule has 2 N–H and O–H groups in total. The summed E-state index contributed by atoms with van der Waals surface area (Å²) in [6.07, 6.45) is 1.12. The minimum atomic E-state index is 0.240. The molecule has 0 saturated heterocycles. The molecular formula is C6H15NO. The van der Waals surface area contributed by atoms with Crippen LogP contribution in [0.4, 0.5) is 0 Å². The second-order valence-corrected chi connectivity index (χ2v) is 1.99. The molecular weight excluding hydrogens is 102 g/mol. The zero-order chi connectivity index (χ0) is 6.41. The Balaban J connectivity index is 2.86. The zero-order valence-electron chi connectivity index (χ0n) is 5.65. The molecule has 0 saturated carbocycles. The lowest BCUT2D eigenvalue weighted by atomic mass is 10.3.